The van der Waals surface area contributed by atoms with Gasteiger partial charge >= 0.3 is 23.9 Å². The molecular weight excluding hydrogens is 246 g/mol. The van der Waals surface area contributed by atoms with E-state index in [2.05, 4.69) is 0 Å². The van der Waals surface area contributed by atoms with E-state index in [0.29, 0.717) is 0 Å². The Kier molecular flexibility index (Phi) is 6.88. The Morgan fingerprint density at radius 3 is 1.56 bits per heavy atom. The molecule has 0 saturated carbocycles. The van der Waals surface area contributed by atoms with E-state index >= 15 is 0 Å². The maximum absolute atomic E-state index is 9.91. The fourth-order valence-electron chi connectivity index (χ4n) is 0.447. The molecule has 0 heterocycles. The molecule has 0 aliphatic rings. The molecule has 0 aromatic rings. The molecule has 5 heteroatoms. The predicted molar refractivity (Wildman–Crippen MR) is 32.4 cm³/mol. The van der Waals surface area contributed by atoms with Crippen molar-refractivity contribution >= 4 is 31.9 Å². The fraction of sp³-hybridized carbons (Fsp3) is 1.00. The molecule has 0 amide bonds. The molecule has 0 aliphatic heterocycles. The van der Waals surface area contributed by atoms with Crippen molar-refractivity contribution in [3.8, 4) is 0 Å². The number of hydrogen-bond donors (Lipinski definition) is 0. The molecule has 0 bridgehead atoms. The van der Waals surface area contributed by atoms with Gasteiger partial charge in [0.15, 0.2) is 0 Å². The molecular formula is C4H9O3PSn. The topological polar surface area (TPSA) is 69.2 Å². The minimum atomic E-state index is -4.22. The summed E-state index contributed by atoms with van der Waals surface area (Å²) in [5.74, 6) is -0.0455. The average molecular weight is 255 g/mol. The van der Waals surface area contributed by atoms with Gasteiger partial charge in [-0.2, -0.15) is 7.94 Å². The van der Waals surface area contributed by atoms with Gasteiger partial charge in [0.05, 0.1) is 0 Å². The van der Waals surface area contributed by atoms with Crippen molar-refractivity contribution < 1.29 is 14.7 Å². The largest absolute Gasteiger partial charge is 2.00 e. The first-order valence-corrected chi connectivity index (χ1v) is 4.15. The van der Waals surface area contributed by atoms with Crippen LogP contribution in [-0.2, 0) is 0 Å². The van der Waals surface area contributed by atoms with Crippen LogP contribution in [0.5, 0.6) is 0 Å². The SMILES string of the molecule is CC(C)C[P+]([O-])([O-])[O-].[Sn+2]. The van der Waals surface area contributed by atoms with Crippen molar-refractivity contribution in [3.63, 3.8) is 0 Å². The summed E-state index contributed by atoms with van der Waals surface area (Å²) in [6.45, 7) is 3.39. The second kappa shape index (κ2) is 4.85. The van der Waals surface area contributed by atoms with Crippen molar-refractivity contribution in [3.05, 3.63) is 0 Å². The Balaban J connectivity index is 0. The van der Waals surface area contributed by atoms with Gasteiger partial charge in [0.1, 0.15) is 0 Å². The Bertz CT molecular complexity index is 70.7. The third kappa shape index (κ3) is 12.3. The summed E-state index contributed by atoms with van der Waals surface area (Å²) in [4.78, 5) is 29.7. The van der Waals surface area contributed by atoms with E-state index in [9.17, 15) is 14.7 Å². The van der Waals surface area contributed by atoms with Crippen LogP contribution in [0.4, 0.5) is 0 Å². The van der Waals surface area contributed by atoms with E-state index in [1.807, 2.05) is 0 Å². The molecule has 0 aromatic carbocycles. The first kappa shape index (κ1) is 12.8. The monoisotopic (exact) mass is 256 g/mol. The van der Waals surface area contributed by atoms with Crippen molar-refractivity contribution in [2.45, 2.75) is 13.8 Å². The van der Waals surface area contributed by atoms with Crippen molar-refractivity contribution in [2.75, 3.05) is 6.16 Å². The van der Waals surface area contributed by atoms with Gasteiger partial charge < -0.3 is 14.7 Å². The normalized spacial score (nSPS) is 11.3. The zero-order chi connectivity index (χ0) is 6.78. The van der Waals surface area contributed by atoms with Gasteiger partial charge in [-0.3, -0.25) is 0 Å². The second-order valence-electron chi connectivity index (χ2n) is 2.19. The third-order valence-electron chi connectivity index (χ3n) is 0.589. The van der Waals surface area contributed by atoms with Crippen molar-refractivity contribution in [2.24, 2.45) is 5.92 Å². The Morgan fingerprint density at radius 2 is 1.56 bits per heavy atom. The summed E-state index contributed by atoms with van der Waals surface area (Å²) in [6.07, 6.45) is -0.229. The van der Waals surface area contributed by atoms with Crippen LogP contribution in [0.15, 0.2) is 0 Å². The number of hydrogen-bond acceptors (Lipinski definition) is 3. The average Bonchev–Trinajstić information content (AvgIpc) is 1.21. The van der Waals surface area contributed by atoms with E-state index in [1.165, 1.54) is 0 Å². The van der Waals surface area contributed by atoms with Gasteiger partial charge in [0.2, 0.25) is 0 Å². The molecule has 0 rings (SSSR count). The minimum absolute atomic E-state index is 0. The van der Waals surface area contributed by atoms with Crippen LogP contribution in [0, 0.1) is 5.92 Å². The first-order chi connectivity index (χ1) is 3.42. The van der Waals surface area contributed by atoms with E-state index in [1.54, 1.807) is 13.8 Å². The first-order valence-electron chi connectivity index (χ1n) is 2.43. The van der Waals surface area contributed by atoms with E-state index in [0.717, 1.165) is 0 Å². The van der Waals surface area contributed by atoms with Gasteiger partial charge in [-0.25, -0.2) is 0 Å². The Labute approximate surface area is 72.6 Å². The molecule has 0 fully saturated rings. The van der Waals surface area contributed by atoms with Crippen molar-refractivity contribution in [1.82, 2.24) is 0 Å². The van der Waals surface area contributed by atoms with Crippen LogP contribution >= 0.6 is 7.94 Å². The summed E-state index contributed by atoms with van der Waals surface area (Å²) < 4.78 is 0. The second-order valence-corrected chi connectivity index (χ2v) is 3.77. The van der Waals surface area contributed by atoms with Crippen LogP contribution in [0.3, 0.4) is 0 Å². The fourth-order valence-corrected chi connectivity index (χ4v) is 1.34. The van der Waals surface area contributed by atoms with E-state index < -0.39 is 7.94 Å². The maximum atomic E-state index is 9.91. The van der Waals surface area contributed by atoms with Crippen molar-refractivity contribution in [1.29, 1.82) is 0 Å². The third-order valence-corrected chi connectivity index (χ3v) is 1.77. The smallest absolute Gasteiger partial charge is 0.688 e. The summed E-state index contributed by atoms with van der Waals surface area (Å²) in [5.41, 5.74) is 0. The van der Waals surface area contributed by atoms with Gasteiger partial charge in [-0.1, -0.05) is 13.8 Å². The zero-order valence-corrected chi connectivity index (χ0v) is 9.20. The summed E-state index contributed by atoms with van der Waals surface area (Å²) in [6, 6.07) is 0. The van der Waals surface area contributed by atoms with Crippen LogP contribution in [0.2, 0.25) is 0 Å². The molecule has 0 N–H and O–H groups in total. The van der Waals surface area contributed by atoms with Gasteiger partial charge in [0, 0.05) is 6.16 Å². The molecule has 3 nitrogen and oxygen atoms in total. The zero-order valence-electron chi connectivity index (χ0n) is 5.46. The van der Waals surface area contributed by atoms with Crippen LogP contribution in [0.1, 0.15) is 13.8 Å². The molecule has 0 atom stereocenters. The van der Waals surface area contributed by atoms with Gasteiger partial charge in [0.25, 0.3) is 0 Å². The summed E-state index contributed by atoms with van der Waals surface area (Å²) >= 11 is 0. The Morgan fingerprint density at radius 1 is 1.22 bits per heavy atom. The molecule has 52 valence electrons. The summed E-state index contributed by atoms with van der Waals surface area (Å²) in [5, 5.41) is 0. The Hall–Kier alpha value is 1.11. The molecule has 9 heavy (non-hydrogen) atoms. The molecule has 0 saturated heterocycles. The molecule has 2 radical (unpaired) electrons. The summed E-state index contributed by atoms with van der Waals surface area (Å²) in [7, 11) is -4.22. The number of rotatable bonds is 2. The van der Waals surface area contributed by atoms with Gasteiger partial charge in [-0.05, 0) is 5.92 Å². The maximum Gasteiger partial charge on any atom is 2.00 e. The van der Waals surface area contributed by atoms with Crippen LogP contribution in [0.25, 0.3) is 0 Å². The predicted octanol–water partition coefficient (Wildman–Crippen LogP) is -1.89. The molecule has 0 aliphatic carbocycles. The molecule has 0 aromatic heterocycles. The van der Waals surface area contributed by atoms with Gasteiger partial charge in [-0.15, -0.1) is 0 Å². The standard InChI is InChI=1S/C4H11O3P.Sn/c1-4(2)3-8(5,6)7;/h4H,3H2,1-2H3,(H2,5,6,7);/q;+2/p-2. The van der Waals surface area contributed by atoms with E-state index in [4.69, 9.17) is 0 Å². The molecule has 0 spiro atoms. The van der Waals surface area contributed by atoms with Crippen LogP contribution < -0.4 is 14.7 Å². The van der Waals surface area contributed by atoms with Crippen LogP contribution in [-0.4, -0.2) is 30.1 Å². The quantitative estimate of drug-likeness (QED) is 0.427. The molecule has 0 unspecified atom stereocenters. The minimum Gasteiger partial charge on any atom is -0.688 e. The van der Waals surface area contributed by atoms with E-state index in [-0.39, 0.29) is 36.0 Å².